The van der Waals surface area contributed by atoms with Crippen molar-refractivity contribution in [2.75, 3.05) is 59.9 Å². The van der Waals surface area contributed by atoms with Crippen LogP contribution in [0.2, 0.25) is 0 Å². The summed E-state index contributed by atoms with van der Waals surface area (Å²) in [7, 11) is 4.11. The van der Waals surface area contributed by atoms with Crippen molar-refractivity contribution in [3.05, 3.63) is 0 Å². The maximum Gasteiger partial charge on any atom is 0.236 e. The minimum absolute atomic E-state index is 0.275. The Morgan fingerprint density at radius 1 is 1.33 bits per heavy atom. The lowest BCUT2D eigenvalue weighted by atomic mass is 10.1. The van der Waals surface area contributed by atoms with Gasteiger partial charge in [-0.3, -0.25) is 9.69 Å². The Kier molecular flexibility index (Phi) is 4.97. The molecule has 0 spiro atoms. The smallest absolute Gasteiger partial charge is 0.236 e. The van der Waals surface area contributed by atoms with Gasteiger partial charge in [0.15, 0.2) is 0 Å². The highest BCUT2D eigenvalue weighted by molar-refractivity contribution is 5.78. The number of carbonyl (C=O) groups excluding carboxylic acids is 1. The second-order valence-corrected chi connectivity index (χ2v) is 5.59. The third-order valence-electron chi connectivity index (χ3n) is 4.11. The van der Waals surface area contributed by atoms with E-state index in [2.05, 4.69) is 22.2 Å². The van der Waals surface area contributed by atoms with Gasteiger partial charge in [-0.15, -0.1) is 0 Å². The number of carbonyl (C=O) groups is 1. The standard InChI is InChI=1S/C13H26N4O/c1-15-7-3-4-12(10-15)16(2)13(18)11-17-8-5-14-6-9-17/h12,14H,3-11H2,1-2H3. The third-order valence-corrected chi connectivity index (χ3v) is 4.11. The Morgan fingerprint density at radius 3 is 2.72 bits per heavy atom. The van der Waals surface area contributed by atoms with E-state index < -0.39 is 0 Å². The normalized spacial score (nSPS) is 27.1. The van der Waals surface area contributed by atoms with Crippen LogP contribution in [0.1, 0.15) is 12.8 Å². The number of hydrogen-bond acceptors (Lipinski definition) is 4. The van der Waals surface area contributed by atoms with Crippen LogP contribution in [0.4, 0.5) is 0 Å². The lowest BCUT2D eigenvalue weighted by Crippen LogP contribution is -2.52. The molecule has 2 aliphatic rings. The average Bonchev–Trinajstić information content (AvgIpc) is 2.39. The summed E-state index contributed by atoms with van der Waals surface area (Å²) < 4.78 is 0. The summed E-state index contributed by atoms with van der Waals surface area (Å²) in [5.74, 6) is 0.275. The summed E-state index contributed by atoms with van der Waals surface area (Å²) in [6.07, 6.45) is 2.35. The minimum atomic E-state index is 0.275. The van der Waals surface area contributed by atoms with Crippen LogP contribution in [-0.2, 0) is 4.79 Å². The molecular weight excluding hydrogens is 228 g/mol. The van der Waals surface area contributed by atoms with Crippen molar-refractivity contribution in [3.63, 3.8) is 0 Å². The van der Waals surface area contributed by atoms with Crippen molar-refractivity contribution in [1.82, 2.24) is 20.0 Å². The van der Waals surface area contributed by atoms with E-state index in [-0.39, 0.29) is 5.91 Å². The van der Waals surface area contributed by atoms with Crippen LogP contribution in [0, 0.1) is 0 Å². The highest BCUT2D eigenvalue weighted by Crippen LogP contribution is 2.13. The first-order chi connectivity index (χ1) is 8.66. The van der Waals surface area contributed by atoms with Crippen molar-refractivity contribution in [1.29, 1.82) is 0 Å². The number of likely N-dealkylation sites (tertiary alicyclic amines) is 1. The van der Waals surface area contributed by atoms with Crippen molar-refractivity contribution in [2.45, 2.75) is 18.9 Å². The van der Waals surface area contributed by atoms with Crippen LogP contribution in [0.5, 0.6) is 0 Å². The Bertz CT molecular complexity index is 278. The highest BCUT2D eigenvalue weighted by Gasteiger charge is 2.25. The minimum Gasteiger partial charge on any atom is -0.340 e. The third kappa shape index (κ3) is 3.67. The van der Waals surface area contributed by atoms with E-state index in [1.807, 2.05) is 11.9 Å². The number of piperidine rings is 1. The number of amides is 1. The molecule has 2 heterocycles. The quantitative estimate of drug-likeness (QED) is 0.733. The molecule has 5 nitrogen and oxygen atoms in total. The van der Waals surface area contributed by atoms with Gasteiger partial charge in [0.05, 0.1) is 6.54 Å². The molecule has 104 valence electrons. The van der Waals surface area contributed by atoms with E-state index >= 15 is 0 Å². The number of piperazine rings is 1. The van der Waals surface area contributed by atoms with Gasteiger partial charge in [-0.05, 0) is 26.4 Å². The fraction of sp³-hybridized carbons (Fsp3) is 0.923. The van der Waals surface area contributed by atoms with Crippen LogP contribution in [0.25, 0.3) is 0 Å². The number of rotatable bonds is 3. The summed E-state index contributed by atoms with van der Waals surface area (Å²) in [6, 6.07) is 0.402. The Morgan fingerprint density at radius 2 is 2.06 bits per heavy atom. The van der Waals surface area contributed by atoms with E-state index in [1.165, 1.54) is 6.42 Å². The summed E-state index contributed by atoms with van der Waals surface area (Å²) >= 11 is 0. The Balaban J connectivity index is 1.79. The molecule has 2 fully saturated rings. The van der Waals surface area contributed by atoms with Gasteiger partial charge < -0.3 is 15.1 Å². The van der Waals surface area contributed by atoms with Crippen molar-refractivity contribution in [3.8, 4) is 0 Å². The number of nitrogens with one attached hydrogen (secondary N) is 1. The molecular formula is C13H26N4O. The van der Waals surface area contributed by atoms with Gasteiger partial charge in [-0.1, -0.05) is 0 Å². The first kappa shape index (κ1) is 13.8. The molecule has 2 aliphatic heterocycles. The van der Waals surface area contributed by atoms with E-state index in [0.717, 1.165) is 45.7 Å². The van der Waals surface area contributed by atoms with Crippen LogP contribution in [-0.4, -0.2) is 86.6 Å². The van der Waals surface area contributed by atoms with Gasteiger partial charge in [0.25, 0.3) is 0 Å². The number of hydrogen-bond donors (Lipinski definition) is 1. The maximum absolute atomic E-state index is 12.3. The van der Waals surface area contributed by atoms with Crippen molar-refractivity contribution < 1.29 is 4.79 Å². The molecule has 0 radical (unpaired) electrons. The first-order valence-electron chi connectivity index (χ1n) is 7.04. The molecule has 2 rings (SSSR count). The van der Waals surface area contributed by atoms with Crippen LogP contribution in [0.15, 0.2) is 0 Å². The Labute approximate surface area is 110 Å². The summed E-state index contributed by atoms with van der Waals surface area (Å²) in [5, 5.41) is 3.31. The molecule has 1 atom stereocenters. The summed E-state index contributed by atoms with van der Waals surface area (Å²) in [5.41, 5.74) is 0. The lowest BCUT2D eigenvalue weighted by molar-refractivity contribution is -0.134. The second kappa shape index (κ2) is 6.50. The van der Waals surface area contributed by atoms with Gasteiger partial charge in [0, 0.05) is 45.8 Å². The Hall–Kier alpha value is -0.650. The summed E-state index contributed by atoms with van der Waals surface area (Å²) in [4.78, 5) is 18.8. The van der Waals surface area contributed by atoms with Gasteiger partial charge in [0.2, 0.25) is 5.91 Å². The topological polar surface area (TPSA) is 38.8 Å². The molecule has 0 bridgehead atoms. The fourth-order valence-electron chi connectivity index (χ4n) is 2.83. The van der Waals surface area contributed by atoms with Crippen LogP contribution >= 0.6 is 0 Å². The molecule has 0 saturated carbocycles. The maximum atomic E-state index is 12.3. The second-order valence-electron chi connectivity index (χ2n) is 5.59. The van der Waals surface area contributed by atoms with E-state index in [0.29, 0.717) is 12.6 Å². The highest BCUT2D eigenvalue weighted by atomic mass is 16.2. The predicted octanol–water partition coefficient (Wildman–Crippen LogP) is -0.556. The van der Waals surface area contributed by atoms with E-state index in [1.54, 1.807) is 0 Å². The molecule has 0 aromatic carbocycles. The van der Waals surface area contributed by atoms with E-state index in [9.17, 15) is 4.79 Å². The van der Waals surface area contributed by atoms with Gasteiger partial charge in [0.1, 0.15) is 0 Å². The first-order valence-corrected chi connectivity index (χ1v) is 7.04. The summed E-state index contributed by atoms with van der Waals surface area (Å²) in [6.45, 7) is 6.75. The van der Waals surface area contributed by atoms with Gasteiger partial charge in [-0.25, -0.2) is 0 Å². The molecule has 1 unspecified atom stereocenters. The monoisotopic (exact) mass is 254 g/mol. The van der Waals surface area contributed by atoms with Crippen molar-refractivity contribution >= 4 is 5.91 Å². The SMILES string of the molecule is CN1CCCC(N(C)C(=O)CN2CCNCC2)C1. The average molecular weight is 254 g/mol. The molecule has 18 heavy (non-hydrogen) atoms. The molecule has 1 amide bonds. The zero-order chi connectivity index (χ0) is 13.0. The largest absolute Gasteiger partial charge is 0.340 e. The molecule has 0 aliphatic carbocycles. The molecule has 0 aromatic rings. The van der Waals surface area contributed by atoms with Crippen LogP contribution in [0.3, 0.4) is 0 Å². The molecule has 5 heteroatoms. The number of nitrogens with zero attached hydrogens (tertiary/aromatic N) is 3. The molecule has 2 saturated heterocycles. The van der Waals surface area contributed by atoms with Gasteiger partial charge in [-0.2, -0.15) is 0 Å². The van der Waals surface area contributed by atoms with E-state index in [4.69, 9.17) is 0 Å². The fourth-order valence-corrected chi connectivity index (χ4v) is 2.83. The predicted molar refractivity (Wildman–Crippen MR) is 72.6 cm³/mol. The number of likely N-dealkylation sites (N-methyl/N-ethyl adjacent to an activating group) is 2. The zero-order valence-electron chi connectivity index (χ0n) is 11.7. The lowest BCUT2D eigenvalue weighted by Gasteiger charge is -2.37. The molecule has 0 aromatic heterocycles. The van der Waals surface area contributed by atoms with Gasteiger partial charge >= 0.3 is 0 Å². The molecule has 1 N–H and O–H groups in total. The van der Waals surface area contributed by atoms with Crippen molar-refractivity contribution in [2.24, 2.45) is 0 Å². The zero-order valence-corrected chi connectivity index (χ0v) is 11.7. The van der Waals surface area contributed by atoms with Crippen LogP contribution < -0.4 is 5.32 Å².